The molecule has 3 atom stereocenters. The van der Waals surface area contributed by atoms with Gasteiger partial charge in [0.1, 0.15) is 6.10 Å². The van der Waals surface area contributed by atoms with Gasteiger partial charge in [-0.2, -0.15) is 0 Å². The molecule has 1 N–H and O–H groups in total. The lowest BCUT2D eigenvalue weighted by atomic mass is 9.94. The van der Waals surface area contributed by atoms with Gasteiger partial charge in [0.2, 0.25) is 0 Å². The normalized spacial score (nSPS) is 27.6. The van der Waals surface area contributed by atoms with E-state index in [2.05, 4.69) is 5.32 Å². The first-order chi connectivity index (χ1) is 8.54. The first-order valence-corrected chi connectivity index (χ1v) is 6.17. The fourth-order valence-corrected chi connectivity index (χ4v) is 2.63. The Morgan fingerprint density at radius 1 is 1.44 bits per heavy atom. The van der Waals surface area contributed by atoms with Gasteiger partial charge in [0.05, 0.1) is 6.04 Å². The van der Waals surface area contributed by atoms with E-state index in [0.717, 1.165) is 11.1 Å². The average Bonchev–Trinajstić information content (AvgIpc) is 2.28. The quantitative estimate of drug-likeness (QED) is 0.898. The van der Waals surface area contributed by atoms with E-state index in [1.54, 1.807) is 13.2 Å². The van der Waals surface area contributed by atoms with Crippen LogP contribution in [-0.4, -0.2) is 25.3 Å². The van der Waals surface area contributed by atoms with Crippen LogP contribution in [0.5, 0.6) is 0 Å². The van der Waals surface area contributed by atoms with Crippen LogP contribution < -0.4 is 5.32 Å². The summed E-state index contributed by atoms with van der Waals surface area (Å²) in [6.45, 7) is 3.82. The average molecular weight is 270 g/mol. The highest BCUT2D eigenvalue weighted by Gasteiger charge is 2.38. The van der Waals surface area contributed by atoms with Crippen molar-refractivity contribution < 1.29 is 14.3 Å². The number of nitrogens with one attached hydrogen (secondary N) is 1. The zero-order valence-electron chi connectivity index (χ0n) is 10.6. The molecule has 1 amide bonds. The molecule has 1 saturated heterocycles. The van der Waals surface area contributed by atoms with Crippen molar-refractivity contribution in [3.05, 3.63) is 34.3 Å². The topological polar surface area (TPSA) is 47.6 Å². The second kappa shape index (κ2) is 5.16. The van der Waals surface area contributed by atoms with Crippen LogP contribution >= 0.6 is 11.6 Å². The van der Waals surface area contributed by atoms with Gasteiger partial charge in [-0.15, -0.1) is 0 Å². The second-order valence-electron chi connectivity index (χ2n) is 4.43. The minimum Gasteiger partial charge on any atom is -0.438 e. The number of alkyl carbamates (subject to hydrolysis) is 1. The number of carbonyl (C=O) groups excluding carboxylic acids is 1. The molecule has 4 nitrogen and oxygen atoms in total. The van der Waals surface area contributed by atoms with E-state index < -0.39 is 12.2 Å². The number of benzene rings is 1. The molecule has 0 saturated carbocycles. The summed E-state index contributed by atoms with van der Waals surface area (Å²) in [6.07, 6.45) is -1.19. The van der Waals surface area contributed by atoms with Crippen LogP contribution in [-0.2, 0) is 9.47 Å². The summed E-state index contributed by atoms with van der Waals surface area (Å²) in [5.74, 6) is 0. The third kappa shape index (κ3) is 2.31. The van der Waals surface area contributed by atoms with Gasteiger partial charge in [0.25, 0.3) is 0 Å². The zero-order valence-corrected chi connectivity index (χ0v) is 11.3. The Hall–Kier alpha value is -1.26. The van der Waals surface area contributed by atoms with Crippen molar-refractivity contribution in [2.75, 3.05) is 7.11 Å². The Labute approximate surface area is 111 Å². The maximum absolute atomic E-state index is 11.5. The Morgan fingerprint density at radius 2 is 2.17 bits per heavy atom. The predicted octanol–water partition coefficient (Wildman–Crippen LogP) is 2.83. The van der Waals surface area contributed by atoms with Crippen LogP contribution in [0.15, 0.2) is 18.2 Å². The Balaban J connectivity index is 2.43. The van der Waals surface area contributed by atoms with Crippen LogP contribution in [0.4, 0.5) is 4.79 Å². The van der Waals surface area contributed by atoms with Crippen LogP contribution in [0.2, 0.25) is 5.02 Å². The van der Waals surface area contributed by atoms with E-state index in [-0.39, 0.29) is 12.1 Å². The molecule has 0 spiro atoms. The first-order valence-electron chi connectivity index (χ1n) is 5.79. The second-order valence-corrected chi connectivity index (χ2v) is 4.84. The van der Waals surface area contributed by atoms with Crippen LogP contribution in [0.3, 0.4) is 0 Å². The molecule has 0 bridgehead atoms. The fourth-order valence-electron chi connectivity index (χ4n) is 2.30. The number of aryl methyl sites for hydroxylation is 1. The Morgan fingerprint density at radius 3 is 2.78 bits per heavy atom. The third-order valence-electron chi connectivity index (χ3n) is 3.20. The number of carbonyl (C=O) groups is 1. The van der Waals surface area contributed by atoms with Gasteiger partial charge in [-0.1, -0.05) is 23.7 Å². The molecule has 1 fully saturated rings. The molecule has 0 radical (unpaired) electrons. The first kappa shape index (κ1) is 13.2. The van der Waals surface area contributed by atoms with Crippen molar-refractivity contribution in [1.29, 1.82) is 0 Å². The summed E-state index contributed by atoms with van der Waals surface area (Å²) < 4.78 is 10.8. The lowest BCUT2D eigenvalue weighted by molar-refractivity contribution is -0.0625. The van der Waals surface area contributed by atoms with E-state index in [4.69, 9.17) is 21.1 Å². The van der Waals surface area contributed by atoms with Crippen molar-refractivity contribution in [2.24, 2.45) is 0 Å². The summed E-state index contributed by atoms with van der Waals surface area (Å²) in [6, 6.07) is 5.47. The van der Waals surface area contributed by atoms with E-state index in [0.29, 0.717) is 5.02 Å². The molecular formula is C13H16ClNO3. The maximum atomic E-state index is 11.5. The highest BCUT2D eigenvalue weighted by Crippen LogP contribution is 2.35. The lowest BCUT2D eigenvalue weighted by Gasteiger charge is -2.36. The summed E-state index contributed by atoms with van der Waals surface area (Å²) in [5.41, 5.74) is 1.80. The Bertz CT molecular complexity index is 443. The molecular weight excluding hydrogens is 254 g/mol. The van der Waals surface area contributed by atoms with Gasteiger partial charge < -0.3 is 14.8 Å². The fraction of sp³-hybridized carbons (Fsp3) is 0.462. The van der Waals surface area contributed by atoms with Gasteiger partial charge in [0.15, 0.2) is 6.10 Å². The molecule has 1 aliphatic heterocycles. The van der Waals surface area contributed by atoms with Crippen molar-refractivity contribution >= 4 is 17.7 Å². The SMILES string of the molecule is COC1C(C)NC(=O)OC1c1c(C)cccc1Cl. The minimum atomic E-state index is -0.479. The predicted molar refractivity (Wildman–Crippen MR) is 68.8 cm³/mol. The molecule has 1 aromatic carbocycles. The number of hydrogen-bond donors (Lipinski definition) is 1. The van der Waals surface area contributed by atoms with E-state index in [9.17, 15) is 4.79 Å². The van der Waals surface area contributed by atoms with Gasteiger partial charge in [-0.05, 0) is 25.5 Å². The highest BCUT2D eigenvalue weighted by atomic mass is 35.5. The molecule has 18 heavy (non-hydrogen) atoms. The molecule has 0 aromatic heterocycles. The Kier molecular flexibility index (Phi) is 3.78. The van der Waals surface area contributed by atoms with Crippen LogP contribution in [0, 0.1) is 6.92 Å². The number of ether oxygens (including phenoxy) is 2. The van der Waals surface area contributed by atoms with Crippen molar-refractivity contribution in [3.63, 3.8) is 0 Å². The molecule has 1 aliphatic rings. The summed E-state index contributed by atoms with van der Waals surface area (Å²) in [4.78, 5) is 11.5. The number of amides is 1. The minimum absolute atomic E-state index is 0.128. The van der Waals surface area contributed by atoms with Crippen molar-refractivity contribution in [2.45, 2.75) is 32.1 Å². The van der Waals surface area contributed by atoms with Gasteiger partial charge in [-0.3, -0.25) is 0 Å². The van der Waals surface area contributed by atoms with E-state index in [1.807, 2.05) is 26.0 Å². The lowest BCUT2D eigenvalue weighted by Crippen LogP contribution is -2.52. The van der Waals surface area contributed by atoms with Gasteiger partial charge in [-0.25, -0.2) is 4.79 Å². The van der Waals surface area contributed by atoms with Gasteiger partial charge in [0, 0.05) is 17.7 Å². The van der Waals surface area contributed by atoms with E-state index >= 15 is 0 Å². The molecule has 3 unspecified atom stereocenters. The van der Waals surface area contributed by atoms with Gasteiger partial charge >= 0.3 is 6.09 Å². The van der Waals surface area contributed by atoms with E-state index in [1.165, 1.54) is 0 Å². The van der Waals surface area contributed by atoms with Crippen LogP contribution in [0.25, 0.3) is 0 Å². The molecule has 2 rings (SSSR count). The monoisotopic (exact) mass is 269 g/mol. The largest absolute Gasteiger partial charge is 0.438 e. The molecule has 1 aromatic rings. The number of methoxy groups -OCH3 is 1. The third-order valence-corrected chi connectivity index (χ3v) is 3.53. The number of halogens is 1. The molecule has 98 valence electrons. The molecule has 0 aliphatic carbocycles. The summed E-state index contributed by atoms with van der Waals surface area (Å²) in [7, 11) is 1.60. The summed E-state index contributed by atoms with van der Waals surface area (Å²) in [5, 5.41) is 3.28. The smallest absolute Gasteiger partial charge is 0.408 e. The standard InChI is InChI=1S/C13H16ClNO3/c1-7-5-4-6-9(14)10(7)12-11(17-3)8(2)15-13(16)18-12/h4-6,8,11-12H,1-3H3,(H,15,16). The van der Waals surface area contributed by atoms with Crippen LogP contribution in [0.1, 0.15) is 24.2 Å². The number of rotatable bonds is 2. The summed E-state index contributed by atoms with van der Waals surface area (Å²) >= 11 is 6.21. The van der Waals surface area contributed by atoms with Crippen molar-refractivity contribution in [3.8, 4) is 0 Å². The molecule has 1 heterocycles. The highest BCUT2D eigenvalue weighted by molar-refractivity contribution is 6.31. The number of cyclic esters (lactones) is 1. The number of hydrogen-bond acceptors (Lipinski definition) is 3. The van der Waals surface area contributed by atoms with Crippen molar-refractivity contribution in [1.82, 2.24) is 5.32 Å². The zero-order chi connectivity index (χ0) is 13.3. The molecule has 5 heteroatoms. The maximum Gasteiger partial charge on any atom is 0.408 e.